The van der Waals surface area contributed by atoms with Gasteiger partial charge in [0.2, 0.25) is 5.91 Å². The van der Waals surface area contributed by atoms with Crippen LogP contribution in [-0.4, -0.2) is 47.4 Å². The van der Waals surface area contributed by atoms with Crippen LogP contribution in [0.4, 0.5) is 0 Å². The van der Waals surface area contributed by atoms with E-state index >= 15 is 0 Å². The Kier molecular flexibility index (Phi) is 68.4. The number of aliphatic hydroxyl groups excluding tert-OH is 2. The second-order valence-electron chi connectivity index (χ2n) is 24.9. The summed E-state index contributed by atoms with van der Waals surface area (Å²) in [5, 5.41) is 23.3. The molecule has 1 amide bonds. The van der Waals surface area contributed by atoms with E-state index in [0.29, 0.717) is 19.4 Å². The van der Waals surface area contributed by atoms with E-state index in [1.807, 2.05) is 6.08 Å². The van der Waals surface area contributed by atoms with Crippen molar-refractivity contribution in [3.05, 3.63) is 48.6 Å². The van der Waals surface area contributed by atoms with Crippen LogP contribution < -0.4 is 5.32 Å². The second kappa shape index (κ2) is 70.3. The van der Waals surface area contributed by atoms with Gasteiger partial charge in [0, 0.05) is 12.8 Å². The van der Waals surface area contributed by atoms with Gasteiger partial charge in [-0.25, -0.2) is 0 Å². The average molecular weight is 1140 g/mol. The van der Waals surface area contributed by atoms with Gasteiger partial charge in [0.15, 0.2) is 0 Å². The minimum atomic E-state index is -0.849. The molecule has 0 radical (unpaired) electrons. The maximum absolute atomic E-state index is 12.5. The molecular formula is C75H141NO5. The van der Waals surface area contributed by atoms with Crippen molar-refractivity contribution in [2.24, 2.45) is 0 Å². The third-order valence-corrected chi connectivity index (χ3v) is 16.8. The van der Waals surface area contributed by atoms with E-state index in [4.69, 9.17) is 4.74 Å². The summed E-state index contributed by atoms with van der Waals surface area (Å²) in [7, 11) is 0. The van der Waals surface area contributed by atoms with Crippen LogP contribution in [0.2, 0.25) is 0 Å². The molecule has 81 heavy (non-hydrogen) atoms. The Morgan fingerprint density at radius 2 is 0.617 bits per heavy atom. The summed E-state index contributed by atoms with van der Waals surface area (Å²) in [6.07, 6.45) is 91.9. The number of rotatable bonds is 68. The van der Waals surface area contributed by atoms with Crippen molar-refractivity contribution in [2.45, 2.75) is 405 Å². The monoisotopic (exact) mass is 1140 g/mol. The highest BCUT2D eigenvalue weighted by Gasteiger charge is 2.18. The molecule has 6 nitrogen and oxygen atoms in total. The molecule has 0 rings (SSSR count). The summed E-state index contributed by atoms with van der Waals surface area (Å²) in [5.74, 6) is -0.0621. The van der Waals surface area contributed by atoms with Crippen molar-refractivity contribution >= 4 is 11.9 Å². The molecule has 0 spiro atoms. The molecule has 0 aliphatic carbocycles. The van der Waals surface area contributed by atoms with Gasteiger partial charge in [0.05, 0.1) is 25.4 Å². The van der Waals surface area contributed by atoms with Crippen molar-refractivity contribution in [3.63, 3.8) is 0 Å². The lowest BCUT2D eigenvalue weighted by Gasteiger charge is -2.20. The SMILES string of the molecule is CCCCC/C=C\C/C=C\CCCCCCCCCC(=O)OCCCCCCCCCCCCCC/C=C\CCCCCCCCCCCC(=O)NC(CO)C(O)/C=C/CCCCCCCCCCCCCCCCCCCCCC. The third kappa shape index (κ3) is 66.8. The minimum Gasteiger partial charge on any atom is -0.466 e. The highest BCUT2D eigenvalue weighted by molar-refractivity contribution is 5.76. The zero-order valence-electron chi connectivity index (χ0n) is 54.5. The molecule has 2 atom stereocenters. The largest absolute Gasteiger partial charge is 0.466 e. The van der Waals surface area contributed by atoms with Crippen LogP contribution in [0.3, 0.4) is 0 Å². The molecule has 0 aromatic rings. The molecule has 0 heterocycles. The Morgan fingerprint density at radius 3 is 0.975 bits per heavy atom. The van der Waals surface area contributed by atoms with Gasteiger partial charge >= 0.3 is 5.97 Å². The number of allylic oxidation sites excluding steroid dienone is 7. The Morgan fingerprint density at radius 1 is 0.346 bits per heavy atom. The molecule has 2 unspecified atom stereocenters. The molecule has 476 valence electrons. The van der Waals surface area contributed by atoms with Gasteiger partial charge in [-0.2, -0.15) is 0 Å². The lowest BCUT2D eigenvalue weighted by molar-refractivity contribution is -0.143. The Labute approximate surface area is 506 Å². The van der Waals surface area contributed by atoms with Crippen LogP contribution in [0.1, 0.15) is 393 Å². The Bertz CT molecular complexity index is 1360. The van der Waals surface area contributed by atoms with Gasteiger partial charge in [0.25, 0.3) is 0 Å². The number of esters is 1. The van der Waals surface area contributed by atoms with Gasteiger partial charge in [-0.05, 0) is 89.9 Å². The summed E-state index contributed by atoms with van der Waals surface area (Å²) in [6, 6.07) is -0.632. The number of hydrogen-bond donors (Lipinski definition) is 3. The standard InChI is InChI=1S/C75H141NO5/c1-3-5-7-9-11-13-15-17-19-21-22-23-29-32-36-39-43-47-51-55-59-63-67-73(78)72(71-77)76-74(79)68-64-60-56-52-48-44-40-37-33-30-27-25-24-26-28-31-34-38-42-46-50-54-58-62-66-70-81-75(80)69-65-61-57-53-49-45-41-35-20-18-16-14-12-10-8-6-4-2/h12,14,18,20,25,27,63,67,72-73,77-78H,3-11,13,15-17,19,21-24,26,28-62,64-66,68-71H2,1-2H3,(H,76,79)/b14-12-,20-18-,27-25-,67-63+. The van der Waals surface area contributed by atoms with E-state index in [0.717, 1.165) is 51.4 Å². The maximum Gasteiger partial charge on any atom is 0.305 e. The highest BCUT2D eigenvalue weighted by atomic mass is 16.5. The predicted octanol–water partition coefficient (Wildman–Crippen LogP) is 23.6. The van der Waals surface area contributed by atoms with Crippen molar-refractivity contribution in [1.29, 1.82) is 0 Å². The second-order valence-corrected chi connectivity index (χ2v) is 24.9. The molecular weight excluding hydrogens is 995 g/mol. The molecule has 0 aliphatic heterocycles. The first-order chi connectivity index (χ1) is 40.0. The highest BCUT2D eigenvalue weighted by Crippen LogP contribution is 2.18. The number of nitrogens with one attached hydrogen (secondary N) is 1. The maximum atomic E-state index is 12.5. The summed E-state index contributed by atoms with van der Waals surface area (Å²) < 4.78 is 5.50. The van der Waals surface area contributed by atoms with Crippen LogP contribution in [0.15, 0.2) is 48.6 Å². The fraction of sp³-hybridized carbons (Fsp3) is 0.867. The molecule has 0 saturated heterocycles. The molecule has 0 aromatic heterocycles. The van der Waals surface area contributed by atoms with E-state index in [9.17, 15) is 19.8 Å². The fourth-order valence-corrected chi connectivity index (χ4v) is 11.3. The van der Waals surface area contributed by atoms with Crippen molar-refractivity contribution < 1.29 is 24.5 Å². The number of ether oxygens (including phenoxy) is 1. The van der Waals surface area contributed by atoms with Crippen molar-refractivity contribution in [1.82, 2.24) is 5.32 Å². The van der Waals surface area contributed by atoms with E-state index in [-0.39, 0.29) is 18.5 Å². The molecule has 0 fully saturated rings. The van der Waals surface area contributed by atoms with Crippen LogP contribution in [0.25, 0.3) is 0 Å². The minimum absolute atomic E-state index is 0.00559. The molecule has 3 N–H and O–H groups in total. The average Bonchev–Trinajstić information content (AvgIpc) is 3.47. The normalized spacial score (nSPS) is 12.8. The number of unbranched alkanes of at least 4 members (excludes halogenated alkanes) is 51. The van der Waals surface area contributed by atoms with Crippen molar-refractivity contribution in [2.75, 3.05) is 13.2 Å². The van der Waals surface area contributed by atoms with E-state index in [1.165, 1.54) is 315 Å². The van der Waals surface area contributed by atoms with Crippen molar-refractivity contribution in [3.8, 4) is 0 Å². The third-order valence-electron chi connectivity index (χ3n) is 16.8. The first-order valence-corrected chi connectivity index (χ1v) is 36.4. The lowest BCUT2D eigenvalue weighted by atomic mass is 10.0. The van der Waals surface area contributed by atoms with Gasteiger partial charge in [-0.15, -0.1) is 0 Å². The Balaban J connectivity index is 3.42. The predicted molar refractivity (Wildman–Crippen MR) is 356 cm³/mol. The quantitative estimate of drug-likeness (QED) is 0.0320. The molecule has 6 heteroatoms. The zero-order valence-corrected chi connectivity index (χ0v) is 54.5. The number of carbonyl (C=O) groups is 2. The smallest absolute Gasteiger partial charge is 0.305 e. The van der Waals surface area contributed by atoms with Gasteiger partial charge < -0.3 is 20.3 Å². The molecule has 0 saturated carbocycles. The number of aliphatic hydroxyl groups is 2. The lowest BCUT2D eigenvalue weighted by Crippen LogP contribution is -2.45. The van der Waals surface area contributed by atoms with E-state index < -0.39 is 12.1 Å². The summed E-state index contributed by atoms with van der Waals surface area (Å²) in [4.78, 5) is 24.6. The van der Waals surface area contributed by atoms with Crippen LogP contribution in [0, 0.1) is 0 Å². The fourth-order valence-electron chi connectivity index (χ4n) is 11.3. The van der Waals surface area contributed by atoms with Crippen LogP contribution in [0.5, 0.6) is 0 Å². The van der Waals surface area contributed by atoms with Gasteiger partial charge in [-0.1, -0.05) is 339 Å². The zero-order chi connectivity index (χ0) is 58.5. The first-order valence-electron chi connectivity index (χ1n) is 36.4. The molecule has 0 bridgehead atoms. The number of carbonyl (C=O) groups excluding carboxylic acids is 2. The summed E-state index contributed by atoms with van der Waals surface area (Å²) in [6.45, 7) is 4.91. The van der Waals surface area contributed by atoms with Crippen LogP contribution >= 0.6 is 0 Å². The summed E-state index contributed by atoms with van der Waals surface area (Å²) in [5.41, 5.74) is 0. The van der Waals surface area contributed by atoms with E-state index in [1.54, 1.807) is 6.08 Å². The van der Waals surface area contributed by atoms with Gasteiger partial charge in [-0.3, -0.25) is 9.59 Å². The van der Waals surface area contributed by atoms with Crippen LogP contribution in [-0.2, 0) is 14.3 Å². The first kappa shape index (κ1) is 78.8. The number of amides is 1. The van der Waals surface area contributed by atoms with Gasteiger partial charge in [0.1, 0.15) is 0 Å². The molecule has 0 aromatic carbocycles. The molecule has 0 aliphatic rings. The topological polar surface area (TPSA) is 95.9 Å². The summed E-state index contributed by atoms with van der Waals surface area (Å²) >= 11 is 0. The Hall–Kier alpha value is -2.18. The van der Waals surface area contributed by atoms with E-state index in [2.05, 4.69) is 55.6 Å². The number of hydrogen-bond acceptors (Lipinski definition) is 5.